The zero-order valence-electron chi connectivity index (χ0n) is 15.2. The van der Waals surface area contributed by atoms with Gasteiger partial charge in [-0.3, -0.25) is 0 Å². The highest BCUT2D eigenvalue weighted by molar-refractivity contribution is 5.99. The van der Waals surface area contributed by atoms with Gasteiger partial charge in [-0.25, -0.2) is 0 Å². The molecular formula is C19H16F3N7. The molecular weight excluding hydrogens is 383 g/mol. The molecule has 2 aromatic carbocycles. The lowest BCUT2D eigenvalue weighted by Crippen LogP contribution is -2.47. The lowest BCUT2D eigenvalue weighted by molar-refractivity contribution is -0.137. The molecule has 3 heterocycles. The van der Waals surface area contributed by atoms with Crippen LogP contribution in [0.5, 0.6) is 0 Å². The molecule has 0 amide bonds. The molecule has 1 aliphatic heterocycles. The van der Waals surface area contributed by atoms with E-state index in [0.717, 1.165) is 22.7 Å². The summed E-state index contributed by atoms with van der Waals surface area (Å²) in [6.07, 6.45) is -4.35. The number of nitrogens with zero attached hydrogens (tertiary/aromatic N) is 7. The van der Waals surface area contributed by atoms with Gasteiger partial charge in [-0.15, -0.1) is 14.8 Å². The van der Waals surface area contributed by atoms with Crippen LogP contribution in [-0.2, 0) is 6.18 Å². The molecule has 1 fully saturated rings. The molecule has 0 radical (unpaired) electrons. The third kappa shape index (κ3) is 3.10. The van der Waals surface area contributed by atoms with E-state index in [-0.39, 0.29) is 0 Å². The van der Waals surface area contributed by atoms with Crippen LogP contribution in [0.25, 0.3) is 16.4 Å². The van der Waals surface area contributed by atoms with Crippen molar-refractivity contribution in [2.45, 2.75) is 6.18 Å². The van der Waals surface area contributed by atoms with E-state index in [2.05, 4.69) is 25.5 Å². The number of alkyl halides is 3. The summed E-state index contributed by atoms with van der Waals surface area (Å²) in [4.78, 5) is 4.08. The van der Waals surface area contributed by atoms with E-state index in [9.17, 15) is 13.2 Å². The number of piperazine rings is 1. The number of aromatic nitrogens is 5. The number of hydrogen-bond acceptors (Lipinski definition) is 6. The van der Waals surface area contributed by atoms with Crippen LogP contribution in [0.15, 0.2) is 48.5 Å². The molecule has 0 spiro atoms. The summed E-state index contributed by atoms with van der Waals surface area (Å²) in [5, 5.41) is 18.1. The Balaban J connectivity index is 1.42. The predicted octanol–water partition coefficient (Wildman–Crippen LogP) is 3.02. The fourth-order valence-electron chi connectivity index (χ4n) is 3.72. The first-order valence-electron chi connectivity index (χ1n) is 9.15. The van der Waals surface area contributed by atoms with Gasteiger partial charge in [0.1, 0.15) is 0 Å². The summed E-state index contributed by atoms with van der Waals surface area (Å²) in [5.41, 5.74) is 0.536. The average molecular weight is 399 g/mol. The number of hydrogen-bond donors (Lipinski definition) is 0. The molecule has 0 atom stereocenters. The molecule has 7 nitrogen and oxygen atoms in total. The van der Waals surface area contributed by atoms with Crippen molar-refractivity contribution in [1.29, 1.82) is 0 Å². The molecule has 4 aromatic rings. The molecule has 1 saturated heterocycles. The van der Waals surface area contributed by atoms with E-state index in [1.807, 2.05) is 29.2 Å². The van der Waals surface area contributed by atoms with Crippen LogP contribution in [0, 0.1) is 0 Å². The average Bonchev–Trinajstić information content (AvgIpc) is 3.22. The number of anilines is 2. The van der Waals surface area contributed by atoms with E-state index in [1.165, 1.54) is 16.8 Å². The van der Waals surface area contributed by atoms with Gasteiger partial charge in [0.05, 0.1) is 5.56 Å². The summed E-state index contributed by atoms with van der Waals surface area (Å²) < 4.78 is 40.5. The minimum Gasteiger partial charge on any atom is -0.368 e. The summed E-state index contributed by atoms with van der Waals surface area (Å²) in [6.45, 7) is 2.43. The Morgan fingerprint density at radius 3 is 2.31 bits per heavy atom. The maximum absolute atomic E-state index is 13.0. The van der Waals surface area contributed by atoms with Crippen molar-refractivity contribution >= 4 is 27.9 Å². The molecule has 0 saturated carbocycles. The minimum absolute atomic E-state index is 0.577. The van der Waals surface area contributed by atoms with E-state index in [4.69, 9.17) is 0 Å². The van der Waals surface area contributed by atoms with Gasteiger partial charge in [0, 0.05) is 42.6 Å². The van der Waals surface area contributed by atoms with Gasteiger partial charge in [0.2, 0.25) is 5.65 Å². The minimum atomic E-state index is -4.35. The highest BCUT2D eigenvalue weighted by Gasteiger charge is 2.31. The van der Waals surface area contributed by atoms with Gasteiger partial charge in [-0.1, -0.05) is 30.3 Å². The first kappa shape index (κ1) is 17.7. The molecule has 0 bridgehead atoms. The summed E-state index contributed by atoms with van der Waals surface area (Å²) >= 11 is 0. The quantitative estimate of drug-likeness (QED) is 0.516. The van der Waals surface area contributed by atoms with Crippen LogP contribution in [0.4, 0.5) is 24.7 Å². The Bertz CT molecular complexity index is 1180. The van der Waals surface area contributed by atoms with E-state index >= 15 is 0 Å². The van der Waals surface area contributed by atoms with Crippen LogP contribution >= 0.6 is 0 Å². The Morgan fingerprint density at radius 1 is 0.828 bits per heavy atom. The predicted molar refractivity (Wildman–Crippen MR) is 102 cm³/mol. The molecule has 0 unspecified atom stereocenters. The molecule has 2 aromatic heterocycles. The normalized spacial score (nSPS) is 15.4. The maximum atomic E-state index is 13.0. The molecule has 29 heavy (non-hydrogen) atoms. The Kier molecular flexibility index (Phi) is 4.00. The van der Waals surface area contributed by atoms with Crippen molar-refractivity contribution in [2.24, 2.45) is 0 Å². The first-order valence-corrected chi connectivity index (χ1v) is 9.15. The van der Waals surface area contributed by atoms with Gasteiger partial charge in [-0.2, -0.15) is 13.2 Å². The van der Waals surface area contributed by atoms with Gasteiger partial charge >= 0.3 is 6.18 Å². The van der Waals surface area contributed by atoms with Crippen LogP contribution in [0.3, 0.4) is 0 Å². The standard InChI is InChI=1S/C19H16F3N7/c20-19(21,22)13-4-3-5-14(12-13)27-8-10-28(11-9-27)18-16-7-2-1-6-15(16)17-23-25-26-29(17)24-18/h1-7,12H,8-11H2. The van der Waals surface area contributed by atoms with E-state index in [0.29, 0.717) is 37.5 Å². The van der Waals surface area contributed by atoms with Gasteiger partial charge in [-0.05, 0) is 28.6 Å². The zero-order chi connectivity index (χ0) is 20.0. The van der Waals surface area contributed by atoms with Crippen LogP contribution in [-0.4, -0.2) is 51.4 Å². The second-order valence-electron chi connectivity index (χ2n) is 6.88. The SMILES string of the molecule is FC(F)(F)c1cccc(N2CCN(c3nn4nnnc4c4ccccc34)CC2)c1. The van der Waals surface area contributed by atoms with E-state index in [1.54, 1.807) is 6.07 Å². The molecule has 0 aliphatic carbocycles. The monoisotopic (exact) mass is 399 g/mol. The van der Waals surface area contributed by atoms with E-state index < -0.39 is 11.7 Å². The largest absolute Gasteiger partial charge is 0.416 e. The number of fused-ring (bicyclic) bond motifs is 3. The number of tetrazole rings is 1. The molecule has 148 valence electrons. The maximum Gasteiger partial charge on any atom is 0.416 e. The van der Waals surface area contributed by atoms with Crippen LogP contribution in [0.2, 0.25) is 0 Å². The number of rotatable bonds is 2. The highest BCUT2D eigenvalue weighted by Crippen LogP contribution is 2.32. The third-order valence-electron chi connectivity index (χ3n) is 5.17. The fraction of sp³-hybridized carbons (Fsp3) is 0.263. The lowest BCUT2D eigenvalue weighted by atomic mass is 10.1. The van der Waals surface area contributed by atoms with Crippen molar-refractivity contribution in [1.82, 2.24) is 25.3 Å². The van der Waals surface area contributed by atoms with Crippen molar-refractivity contribution < 1.29 is 13.2 Å². The first-order chi connectivity index (χ1) is 14.0. The van der Waals surface area contributed by atoms with Gasteiger partial charge in [0.25, 0.3) is 0 Å². The topological polar surface area (TPSA) is 62.5 Å². The second kappa shape index (κ2) is 6.57. The van der Waals surface area contributed by atoms with Crippen LogP contribution < -0.4 is 9.80 Å². The van der Waals surface area contributed by atoms with Crippen molar-refractivity contribution in [3.63, 3.8) is 0 Å². The summed E-state index contributed by atoms with van der Waals surface area (Å²) in [7, 11) is 0. The second-order valence-corrected chi connectivity index (χ2v) is 6.88. The van der Waals surface area contributed by atoms with Crippen molar-refractivity contribution in [3.05, 3.63) is 54.1 Å². The molecule has 10 heteroatoms. The summed E-state index contributed by atoms with van der Waals surface area (Å²) in [5.74, 6) is 0.768. The summed E-state index contributed by atoms with van der Waals surface area (Å²) in [6, 6.07) is 13.3. The lowest BCUT2D eigenvalue weighted by Gasteiger charge is -2.37. The zero-order valence-corrected chi connectivity index (χ0v) is 15.2. The molecule has 0 N–H and O–H groups in total. The third-order valence-corrected chi connectivity index (χ3v) is 5.17. The Labute approximate surface area is 163 Å². The number of benzene rings is 2. The smallest absolute Gasteiger partial charge is 0.368 e. The van der Waals surface area contributed by atoms with Crippen molar-refractivity contribution in [2.75, 3.05) is 36.0 Å². The van der Waals surface area contributed by atoms with Gasteiger partial charge < -0.3 is 9.80 Å². The van der Waals surface area contributed by atoms with Crippen molar-refractivity contribution in [3.8, 4) is 0 Å². The van der Waals surface area contributed by atoms with Crippen LogP contribution in [0.1, 0.15) is 5.56 Å². The highest BCUT2D eigenvalue weighted by atomic mass is 19.4. The van der Waals surface area contributed by atoms with Gasteiger partial charge in [0.15, 0.2) is 5.82 Å². The Hall–Kier alpha value is -3.43. The molecule has 1 aliphatic rings. The number of halogens is 3. The molecule has 5 rings (SSSR count). The fourth-order valence-corrected chi connectivity index (χ4v) is 3.72. The Morgan fingerprint density at radius 2 is 1.55 bits per heavy atom.